The Kier molecular flexibility index (Phi) is 9.69. The molecule has 0 radical (unpaired) electrons. The van der Waals surface area contributed by atoms with Crippen LogP contribution in [0.4, 0.5) is 0 Å². The van der Waals surface area contributed by atoms with Crippen molar-refractivity contribution in [2.24, 2.45) is 10.8 Å². The van der Waals surface area contributed by atoms with Crippen LogP contribution in [0.2, 0.25) is 0 Å². The molecule has 0 amide bonds. The third-order valence-electron chi connectivity index (χ3n) is 6.64. The number of aliphatic carboxylic acids is 2. The van der Waals surface area contributed by atoms with Crippen molar-refractivity contribution in [3.63, 3.8) is 0 Å². The highest BCUT2D eigenvalue weighted by molar-refractivity contribution is 5.78. The van der Waals surface area contributed by atoms with E-state index in [1.807, 2.05) is 24.3 Å². The van der Waals surface area contributed by atoms with E-state index < -0.39 is 22.8 Å². The average molecular weight is 403 g/mol. The summed E-state index contributed by atoms with van der Waals surface area (Å²) in [6.07, 6.45) is 27.0. The Bertz CT molecular complexity index is 618. The molecule has 2 aliphatic rings. The molecular weight excluding hydrogens is 364 g/mol. The van der Waals surface area contributed by atoms with E-state index in [9.17, 15) is 19.8 Å². The average Bonchev–Trinajstić information content (AvgIpc) is 3.36. The molecule has 0 fully saturated rings. The second-order valence-electron chi connectivity index (χ2n) is 8.83. The van der Waals surface area contributed by atoms with Crippen molar-refractivity contribution in [1.29, 1.82) is 0 Å². The Labute approximate surface area is 175 Å². The van der Waals surface area contributed by atoms with Crippen LogP contribution in [-0.2, 0) is 9.59 Å². The van der Waals surface area contributed by atoms with Gasteiger partial charge in [-0.25, -0.2) is 0 Å². The van der Waals surface area contributed by atoms with Gasteiger partial charge < -0.3 is 10.2 Å². The molecule has 4 nitrogen and oxygen atoms in total. The third-order valence-corrected chi connectivity index (χ3v) is 6.64. The minimum atomic E-state index is -0.663. The van der Waals surface area contributed by atoms with Crippen LogP contribution in [0.1, 0.15) is 96.3 Å². The number of rotatable bonds is 15. The summed E-state index contributed by atoms with van der Waals surface area (Å²) in [5.74, 6) is -1.32. The monoisotopic (exact) mass is 402 g/mol. The van der Waals surface area contributed by atoms with Crippen molar-refractivity contribution in [2.75, 3.05) is 0 Å². The van der Waals surface area contributed by atoms with Gasteiger partial charge in [-0.3, -0.25) is 9.59 Å². The van der Waals surface area contributed by atoms with E-state index in [2.05, 4.69) is 12.2 Å². The summed E-state index contributed by atoms with van der Waals surface area (Å²) in [6.45, 7) is 0. The standard InChI is InChI=1S/C25H38O4/c26-22(27)24(18-12-13-19-24)16-10-8-6-4-2-1-3-5-7-9-11-17-25(23(28)29)20-14-15-21-25/h1-2,12,14,18,20H,3-11,13,15-17,19,21H2,(H,26,27)(H,28,29)/b2-1-. The Morgan fingerprint density at radius 2 is 1.10 bits per heavy atom. The molecule has 4 heteroatoms. The lowest BCUT2D eigenvalue weighted by molar-refractivity contribution is -0.147. The van der Waals surface area contributed by atoms with E-state index in [1.54, 1.807) is 0 Å². The molecule has 0 aromatic rings. The summed E-state index contributed by atoms with van der Waals surface area (Å²) >= 11 is 0. The van der Waals surface area contributed by atoms with Crippen LogP contribution < -0.4 is 0 Å². The molecule has 0 heterocycles. The second kappa shape index (κ2) is 12.0. The first-order chi connectivity index (χ1) is 14.0. The Morgan fingerprint density at radius 3 is 1.48 bits per heavy atom. The quantitative estimate of drug-likeness (QED) is 0.237. The molecule has 0 saturated heterocycles. The van der Waals surface area contributed by atoms with Gasteiger partial charge in [-0.05, 0) is 64.2 Å². The zero-order chi connectivity index (χ0) is 21.0. The number of allylic oxidation sites excluding steroid dienone is 4. The normalized spacial score (nSPS) is 25.9. The van der Waals surface area contributed by atoms with Gasteiger partial charge in [-0.15, -0.1) is 0 Å². The Morgan fingerprint density at radius 1 is 0.690 bits per heavy atom. The minimum absolute atomic E-state index is 0.585. The highest BCUT2D eigenvalue weighted by Gasteiger charge is 2.37. The van der Waals surface area contributed by atoms with Crippen molar-refractivity contribution in [1.82, 2.24) is 0 Å². The number of hydrogen-bond acceptors (Lipinski definition) is 2. The molecule has 0 aliphatic heterocycles. The summed E-state index contributed by atoms with van der Waals surface area (Å²) < 4.78 is 0. The molecule has 2 N–H and O–H groups in total. The fourth-order valence-corrected chi connectivity index (χ4v) is 4.62. The summed E-state index contributed by atoms with van der Waals surface area (Å²) in [5, 5.41) is 18.9. The third kappa shape index (κ3) is 7.17. The van der Waals surface area contributed by atoms with E-state index in [0.717, 1.165) is 89.9 Å². The van der Waals surface area contributed by atoms with Crippen molar-refractivity contribution in [2.45, 2.75) is 96.3 Å². The van der Waals surface area contributed by atoms with E-state index >= 15 is 0 Å². The van der Waals surface area contributed by atoms with Crippen molar-refractivity contribution in [3.8, 4) is 0 Å². The summed E-state index contributed by atoms with van der Waals surface area (Å²) in [4.78, 5) is 23.0. The molecule has 2 rings (SSSR count). The van der Waals surface area contributed by atoms with E-state index in [-0.39, 0.29) is 0 Å². The van der Waals surface area contributed by atoms with E-state index in [1.165, 1.54) is 6.42 Å². The largest absolute Gasteiger partial charge is 0.481 e. The maximum Gasteiger partial charge on any atom is 0.313 e. The molecule has 0 aromatic carbocycles. The van der Waals surface area contributed by atoms with Gasteiger partial charge in [0.15, 0.2) is 0 Å². The highest BCUT2D eigenvalue weighted by atomic mass is 16.4. The molecule has 29 heavy (non-hydrogen) atoms. The lowest BCUT2D eigenvalue weighted by Crippen LogP contribution is -2.26. The molecule has 0 bridgehead atoms. The molecule has 2 atom stereocenters. The molecule has 2 unspecified atom stereocenters. The van der Waals surface area contributed by atoms with Gasteiger partial charge in [-0.1, -0.05) is 68.6 Å². The van der Waals surface area contributed by atoms with Crippen molar-refractivity contribution >= 4 is 11.9 Å². The number of carbonyl (C=O) groups is 2. The zero-order valence-corrected chi connectivity index (χ0v) is 17.8. The number of unbranched alkanes of at least 4 members (excludes halogenated alkanes) is 7. The number of carboxylic acid groups (broad SMARTS) is 2. The molecule has 2 aliphatic carbocycles. The van der Waals surface area contributed by atoms with E-state index in [4.69, 9.17) is 0 Å². The summed E-state index contributed by atoms with van der Waals surface area (Å²) in [5.41, 5.74) is -1.17. The molecular formula is C25H38O4. The van der Waals surface area contributed by atoms with Crippen LogP contribution >= 0.6 is 0 Å². The van der Waals surface area contributed by atoms with Crippen LogP contribution in [0, 0.1) is 10.8 Å². The summed E-state index contributed by atoms with van der Waals surface area (Å²) in [7, 11) is 0. The minimum Gasteiger partial charge on any atom is -0.481 e. The molecule has 162 valence electrons. The Balaban J connectivity index is 1.43. The fraction of sp³-hybridized carbons (Fsp3) is 0.680. The number of carboxylic acids is 2. The van der Waals surface area contributed by atoms with Crippen LogP contribution in [0.25, 0.3) is 0 Å². The first-order valence-corrected chi connectivity index (χ1v) is 11.5. The maximum atomic E-state index is 11.5. The van der Waals surface area contributed by atoms with Crippen LogP contribution in [0.15, 0.2) is 36.5 Å². The fourth-order valence-electron chi connectivity index (χ4n) is 4.62. The van der Waals surface area contributed by atoms with Gasteiger partial charge in [-0.2, -0.15) is 0 Å². The second-order valence-corrected chi connectivity index (χ2v) is 8.83. The van der Waals surface area contributed by atoms with Gasteiger partial charge in [0, 0.05) is 0 Å². The first kappa shape index (κ1) is 23.4. The van der Waals surface area contributed by atoms with Gasteiger partial charge in [0.1, 0.15) is 0 Å². The molecule has 0 spiro atoms. The van der Waals surface area contributed by atoms with Gasteiger partial charge in [0.25, 0.3) is 0 Å². The lowest BCUT2D eigenvalue weighted by atomic mass is 9.82. The van der Waals surface area contributed by atoms with E-state index in [0.29, 0.717) is 0 Å². The number of hydrogen-bond donors (Lipinski definition) is 2. The predicted octanol–water partition coefficient (Wildman–Crippen LogP) is 6.68. The van der Waals surface area contributed by atoms with Crippen molar-refractivity contribution < 1.29 is 19.8 Å². The topological polar surface area (TPSA) is 74.6 Å². The zero-order valence-electron chi connectivity index (χ0n) is 17.8. The van der Waals surface area contributed by atoms with Crippen LogP contribution in [0.3, 0.4) is 0 Å². The molecule has 0 aromatic heterocycles. The highest BCUT2D eigenvalue weighted by Crippen LogP contribution is 2.38. The first-order valence-electron chi connectivity index (χ1n) is 11.5. The predicted molar refractivity (Wildman–Crippen MR) is 117 cm³/mol. The van der Waals surface area contributed by atoms with Crippen LogP contribution in [-0.4, -0.2) is 22.2 Å². The van der Waals surface area contributed by atoms with Crippen LogP contribution in [0.5, 0.6) is 0 Å². The maximum absolute atomic E-state index is 11.5. The van der Waals surface area contributed by atoms with Gasteiger partial charge >= 0.3 is 11.9 Å². The molecule has 0 saturated carbocycles. The van der Waals surface area contributed by atoms with Gasteiger partial charge in [0.2, 0.25) is 0 Å². The summed E-state index contributed by atoms with van der Waals surface area (Å²) in [6, 6.07) is 0. The van der Waals surface area contributed by atoms with Gasteiger partial charge in [0.05, 0.1) is 10.8 Å². The van der Waals surface area contributed by atoms with Crippen molar-refractivity contribution in [3.05, 3.63) is 36.5 Å². The lowest BCUT2D eigenvalue weighted by Gasteiger charge is -2.21. The smallest absolute Gasteiger partial charge is 0.313 e. The SMILES string of the molecule is O=C(O)C1(CCCCC/C=C\CCCCCCC2(C(=O)O)C=CCC2)C=CCC1. The Hall–Kier alpha value is -1.84.